The molecule has 0 N–H and O–H groups in total. The van der Waals surface area contributed by atoms with Crippen LogP contribution in [0.4, 0.5) is 5.00 Å². The zero-order valence-electron chi connectivity index (χ0n) is 10.0. The molecule has 0 bridgehead atoms. The minimum atomic E-state index is -0.445. The van der Waals surface area contributed by atoms with Crippen molar-refractivity contribution in [3.05, 3.63) is 45.9 Å². The Morgan fingerprint density at radius 3 is 2.83 bits per heavy atom. The van der Waals surface area contributed by atoms with Crippen molar-refractivity contribution in [3.63, 3.8) is 0 Å². The molecule has 1 aromatic heterocycles. The number of hydrogen-bond donors (Lipinski definition) is 0. The van der Waals surface area contributed by atoms with Crippen LogP contribution in [-0.2, 0) is 4.79 Å². The SMILES string of the molecule is C=CCN(CC)C(=O)/C=C/c1ccc([N+](=O)[O-])s1. The third-order valence-electron chi connectivity index (χ3n) is 2.23. The number of thiophene rings is 1. The molecule has 0 aliphatic carbocycles. The fourth-order valence-corrected chi connectivity index (χ4v) is 2.04. The number of rotatable bonds is 6. The Bertz CT molecular complexity index is 479. The van der Waals surface area contributed by atoms with Crippen molar-refractivity contribution in [2.24, 2.45) is 0 Å². The standard InChI is InChI=1S/C12H14N2O3S/c1-3-9-13(4-2)11(15)7-5-10-6-8-12(18-10)14(16)17/h3,5-8H,1,4,9H2,2H3/b7-5+. The maximum atomic E-state index is 11.7. The van der Waals surface area contributed by atoms with Gasteiger partial charge in [0, 0.05) is 30.1 Å². The average molecular weight is 266 g/mol. The molecular weight excluding hydrogens is 252 g/mol. The lowest BCUT2D eigenvalue weighted by atomic mass is 10.3. The quantitative estimate of drug-likeness (QED) is 0.344. The monoisotopic (exact) mass is 266 g/mol. The molecule has 1 amide bonds. The summed E-state index contributed by atoms with van der Waals surface area (Å²) in [4.78, 5) is 24.1. The van der Waals surface area contributed by atoms with Crippen LogP contribution in [-0.4, -0.2) is 28.8 Å². The molecule has 0 spiro atoms. The molecule has 18 heavy (non-hydrogen) atoms. The van der Waals surface area contributed by atoms with Gasteiger partial charge < -0.3 is 4.90 Å². The molecule has 0 fully saturated rings. The van der Waals surface area contributed by atoms with Gasteiger partial charge in [-0.15, -0.1) is 6.58 Å². The highest BCUT2D eigenvalue weighted by Gasteiger charge is 2.09. The fourth-order valence-electron chi connectivity index (χ4n) is 1.32. The lowest BCUT2D eigenvalue weighted by Gasteiger charge is -2.16. The molecule has 0 saturated carbocycles. The van der Waals surface area contributed by atoms with E-state index in [2.05, 4.69) is 6.58 Å². The number of nitrogens with zero attached hydrogens (tertiary/aromatic N) is 2. The van der Waals surface area contributed by atoms with E-state index in [0.717, 1.165) is 11.3 Å². The highest BCUT2D eigenvalue weighted by molar-refractivity contribution is 7.16. The highest BCUT2D eigenvalue weighted by Crippen LogP contribution is 2.24. The molecule has 1 aromatic rings. The molecule has 0 radical (unpaired) electrons. The summed E-state index contributed by atoms with van der Waals surface area (Å²) >= 11 is 1.04. The molecule has 5 nitrogen and oxygen atoms in total. The van der Waals surface area contributed by atoms with Crippen LogP contribution in [0.5, 0.6) is 0 Å². The minimum absolute atomic E-state index is 0.0699. The van der Waals surface area contributed by atoms with Crippen LogP contribution in [0.3, 0.4) is 0 Å². The van der Waals surface area contributed by atoms with Crippen LogP contribution in [0.2, 0.25) is 0 Å². The van der Waals surface area contributed by atoms with E-state index in [9.17, 15) is 14.9 Å². The lowest BCUT2D eigenvalue weighted by Crippen LogP contribution is -2.29. The number of amides is 1. The summed E-state index contributed by atoms with van der Waals surface area (Å²) in [6, 6.07) is 3.05. The van der Waals surface area contributed by atoms with Crippen LogP contribution in [0.1, 0.15) is 11.8 Å². The third-order valence-corrected chi connectivity index (χ3v) is 3.23. The molecule has 1 rings (SSSR count). The number of nitro groups is 1. The van der Waals surface area contributed by atoms with Gasteiger partial charge >= 0.3 is 5.00 Å². The maximum absolute atomic E-state index is 11.7. The van der Waals surface area contributed by atoms with E-state index in [0.29, 0.717) is 18.0 Å². The summed E-state index contributed by atoms with van der Waals surface area (Å²) in [6.07, 6.45) is 4.67. The summed E-state index contributed by atoms with van der Waals surface area (Å²) in [5.41, 5.74) is 0. The van der Waals surface area contributed by atoms with Crippen molar-refractivity contribution in [2.45, 2.75) is 6.92 Å². The zero-order chi connectivity index (χ0) is 13.5. The Morgan fingerprint density at radius 1 is 1.61 bits per heavy atom. The Morgan fingerprint density at radius 2 is 2.33 bits per heavy atom. The van der Waals surface area contributed by atoms with Crippen LogP contribution in [0.25, 0.3) is 6.08 Å². The number of likely N-dealkylation sites (N-methyl/N-ethyl adjacent to an activating group) is 1. The third kappa shape index (κ3) is 3.81. The van der Waals surface area contributed by atoms with Crippen molar-refractivity contribution in [2.75, 3.05) is 13.1 Å². The fraction of sp³-hybridized carbons (Fsp3) is 0.250. The number of carbonyl (C=O) groups is 1. The molecule has 0 aliphatic heterocycles. The first-order valence-corrected chi connectivity index (χ1v) is 6.22. The summed E-state index contributed by atoms with van der Waals surface area (Å²) in [5.74, 6) is -0.131. The summed E-state index contributed by atoms with van der Waals surface area (Å²) < 4.78 is 0. The van der Waals surface area contributed by atoms with E-state index in [1.54, 1.807) is 23.1 Å². The second-order valence-electron chi connectivity index (χ2n) is 3.43. The Balaban J connectivity index is 2.70. The van der Waals surface area contributed by atoms with Gasteiger partial charge in [-0.05, 0) is 19.1 Å². The van der Waals surface area contributed by atoms with E-state index in [4.69, 9.17) is 0 Å². The van der Waals surface area contributed by atoms with Crippen LogP contribution in [0.15, 0.2) is 30.9 Å². The van der Waals surface area contributed by atoms with Crippen molar-refractivity contribution >= 4 is 28.3 Å². The predicted molar refractivity (Wildman–Crippen MR) is 72.5 cm³/mol. The van der Waals surface area contributed by atoms with Gasteiger partial charge in [0.1, 0.15) is 0 Å². The normalized spacial score (nSPS) is 10.5. The lowest BCUT2D eigenvalue weighted by molar-refractivity contribution is -0.380. The topological polar surface area (TPSA) is 63.5 Å². The minimum Gasteiger partial charge on any atom is -0.336 e. The second-order valence-corrected chi connectivity index (χ2v) is 4.53. The summed E-state index contributed by atoms with van der Waals surface area (Å²) in [7, 11) is 0. The first-order valence-electron chi connectivity index (χ1n) is 5.40. The summed E-state index contributed by atoms with van der Waals surface area (Å²) in [6.45, 7) is 6.55. The predicted octanol–water partition coefficient (Wildman–Crippen LogP) is 2.70. The van der Waals surface area contributed by atoms with E-state index in [1.807, 2.05) is 6.92 Å². The Hall–Kier alpha value is -1.95. The van der Waals surface area contributed by atoms with E-state index in [1.165, 1.54) is 12.1 Å². The van der Waals surface area contributed by atoms with Gasteiger partial charge in [-0.1, -0.05) is 17.4 Å². The zero-order valence-corrected chi connectivity index (χ0v) is 10.9. The van der Waals surface area contributed by atoms with Crippen molar-refractivity contribution in [3.8, 4) is 0 Å². The van der Waals surface area contributed by atoms with Crippen molar-refractivity contribution < 1.29 is 9.72 Å². The van der Waals surface area contributed by atoms with E-state index >= 15 is 0 Å². The Labute approximate surface area is 109 Å². The van der Waals surface area contributed by atoms with Gasteiger partial charge in [-0.3, -0.25) is 14.9 Å². The van der Waals surface area contributed by atoms with E-state index in [-0.39, 0.29) is 10.9 Å². The summed E-state index contributed by atoms with van der Waals surface area (Å²) in [5, 5.41) is 10.6. The molecule has 96 valence electrons. The first-order chi connectivity index (χ1) is 8.58. The molecule has 0 saturated heterocycles. The number of hydrogen-bond acceptors (Lipinski definition) is 4. The molecule has 0 atom stereocenters. The van der Waals surface area contributed by atoms with Gasteiger partial charge in [0.25, 0.3) is 0 Å². The number of carbonyl (C=O) groups excluding carboxylic acids is 1. The molecule has 0 aromatic carbocycles. The van der Waals surface area contributed by atoms with Gasteiger partial charge in [0.15, 0.2) is 0 Å². The molecule has 6 heteroatoms. The van der Waals surface area contributed by atoms with Crippen LogP contribution in [0, 0.1) is 10.1 Å². The van der Waals surface area contributed by atoms with Crippen molar-refractivity contribution in [1.29, 1.82) is 0 Å². The molecular formula is C12H14N2O3S. The van der Waals surface area contributed by atoms with Gasteiger partial charge in [0.05, 0.1) is 4.92 Å². The highest BCUT2D eigenvalue weighted by atomic mass is 32.1. The molecule has 0 aliphatic rings. The first kappa shape index (κ1) is 14.1. The molecule has 0 unspecified atom stereocenters. The van der Waals surface area contributed by atoms with Gasteiger partial charge in [-0.25, -0.2) is 0 Å². The second kappa shape index (κ2) is 6.70. The molecule has 1 heterocycles. The Kier molecular flexibility index (Phi) is 5.26. The van der Waals surface area contributed by atoms with Crippen molar-refractivity contribution in [1.82, 2.24) is 4.90 Å². The average Bonchev–Trinajstić information content (AvgIpc) is 2.82. The van der Waals surface area contributed by atoms with Crippen LogP contribution >= 0.6 is 11.3 Å². The maximum Gasteiger partial charge on any atom is 0.324 e. The smallest absolute Gasteiger partial charge is 0.324 e. The van der Waals surface area contributed by atoms with Gasteiger partial charge in [0.2, 0.25) is 5.91 Å². The van der Waals surface area contributed by atoms with Gasteiger partial charge in [-0.2, -0.15) is 0 Å². The largest absolute Gasteiger partial charge is 0.336 e. The van der Waals surface area contributed by atoms with Crippen LogP contribution < -0.4 is 0 Å². The van der Waals surface area contributed by atoms with E-state index < -0.39 is 4.92 Å².